The van der Waals surface area contributed by atoms with Crippen LogP contribution < -0.4 is 34.0 Å². The average Bonchev–Trinajstić information content (AvgIpc) is 0. The van der Waals surface area contributed by atoms with E-state index in [1.54, 1.807) is 0 Å². The normalized spacial score (nSPS) is 0. The molecular weight excluding hydrogens is 331 g/mol. The van der Waals surface area contributed by atoms with Gasteiger partial charge in [0.25, 0.3) is 0 Å². The summed E-state index contributed by atoms with van der Waals surface area (Å²) in [6.07, 6.45) is 0. The Morgan fingerprint density at radius 1 is 0.750 bits per heavy atom. The van der Waals surface area contributed by atoms with E-state index < -0.39 is 0 Å². The van der Waals surface area contributed by atoms with E-state index in [1.165, 1.54) is 0 Å². The maximum atomic E-state index is 0. The average molecular weight is 331 g/mol. The smallest absolute Gasteiger partial charge is 1.00 e. The second-order valence-corrected chi connectivity index (χ2v) is 0. The largest absolute Gasteiger partial charge is 1.00 e. The van der Waals surface area contributed by atoms with Crippen molar-refractivity contribution in [2.45, 2.75) is 0 Å². The van der Waals surface area contributed by atoms with Gasteiger partial charge >= 0.3 is 39.4 Å². The number of hydrogen-bond donors (Lipinski definition) is 0. The molecule has 0 fully saturated rings. The first-order valence-corrected chi connectivity index (χ1v) is 0. The monoisotopic (exact) mass is 328 g/mol. The minimum absolute atomic E-state index is 0. The summed E-state index contributed by atoms with van der Waals surface area (Å²) in [5.41, 5.74) is 0. The van der Waals surface area contributed by atoms with E-state index >= 15 is 0 Å². The fourth-order valence-electron chi connectivity index (χ4n) is 0. The first-order valence-electron chi connectivity index (χ1n) is 0. The zero-order chi connectivity index (χ0) is 0. The molecule has 0 spiro atoms. The maximum absolute atomic E-state index is 0. The SMILES string of the molecule is [Ag+].[Br-].[Br-].[Cu+]. The summed E-state index contributed by atoms with van der Waals surface area (Å²) >= 11 is 0. The molecule has 0 aliphatic heterocycles. The number of rotatable bonds is 0. The maximum Gasteiger partial charge on any atom is 1.00 e. The summed E-state index contributed by atoms with van der Waals surface area (Å²) in [7, 11) is 0. The molecule has 4 heteroatoms. The van der Waals surface area contributed by atoms with E-state index in [1.807, 2.05) is 0 Å². The van der Waals surface area contributed by atoms with Crippen molar-refractivity contribution in [1.29, 1.82) is 0 Å². The summed E-state index contributed by atoms with van der Waals surface area (Å²) in [5, 5.41) is 0. The van der Waals surface area contributed by atoms with E-state index in [4.69, 9.17) is 0 Å². The van der Waals surface area contributed by atoms with Crippen LogP contribution in [0.4, 0.5) is 0 Å². The number of halogens is 2. The van der Waals surface area contributed by atoms with Gasteiger partial charge in [-0.3, -0.25) is 0 Å². The van der Waals surface area contributed by atoms with Crippen LogP contribution in [0.25, 0.3) is 0 Å². The van der Waals surface area contributed by atoms with Crippen LogP contribution in [0.15, 0.2) is 0 Å². The van der Waals surface area contributed by atoms with Crippen LogP contribution in [-0.4, -0.2) is 0 Å². The van der Waals surface area contributed by atoms with Gasteiger partial charge in [-0.1, -0.05) is 0 Å². The van der Waals surface area contributed by atoms with Crippen molar-refractivity contribution in [3.63, 3.8) is 0 Å². The molecule has 0 nitrogen and oxygen atoms in total. The van der Waals surface area contributed by atoms with Gasteiger partial charge in [-0.05, 0) is 0 Å². The van der Waals surface area contributed by atoms with Crippen LogP contribution in [0.5, 0.6) is 0 Å². The van der Waals surface area contributed by atoms with Crippen LogP contribution in [0.3, 0.4) is 0 Å². The molecule has 0 saturated heterocycles. The third-order valence-corrected chi connectivity index (χ3v) is 0. The predicted molar refractivity (Wildman–Crippen MR) is 0 cm³/mol. The summed E-state index contributed by atoms with van der Waals surface area (Å²) in [6, 6.07) is 0. The summed E-state index contributed by atoms with van der Waals surface area (Å²) in [6.45, 7) is 0. The fourth-order valence-corrected chi connectivity index (χ4v) is 0. The fraction of sp³-hybridized carbons (Fsp3) is 0. The third-order valence-electron chi connectivity index (χ3n) is 0. The zero-order valence-electron chi connectivity index (χ0n) is 1.36. The van der Waals surface area contributed by atoms with Gasteiger partial charge < -0.3 is 34.0 Å². The van der Waals surface area contributed by atoms with Crippen LogP contribution in [0, 0.1) is 0 Å². The molecule has 0 bridgehead atoms. The van der Waals surface area contributed by atoms with Crippen LogP contribution >= 0.6 is 0 Å². The van der Waals surface area contributed by atoms with Gasteiger partial charge in [-0.25, -0.2) is 0 Å². The molecule has 0 amide bonds. The van der Waals surface area contributed by atoms with Crippen molar-refractivity contribution < 1.29 is 73.4 Å². The van der Waals surface area contributed by atoms with Crippen molar-refractivity contribution in [3.8, 4) is 0 Å². The van der Waals surface area contributed by atoms with Gasteiger partial charge in [0.1, 0.15) is 0 Å². The molecule has 0 radical (unpaired) electrons. The minimum atomic E-state index is 0. The third kappa shape index (κ3) is 8.88. The van der Waals surface area contributed by atoms with E-state index in [9.17, 15) is 0 Å². The van der Waals surface area contributed by atoms with E-state index in [0.717, 1.165) is 0 Å². The Labute approximate surface area is 72.6 Å². The standard InChI is InChI=1S/Ag.2BrH.Cu/h;2*1H;/q+1;;;+1/p-2. The van der Waals surface area contributed by atoms with Crippen LogP contribution in [-0.2, 0) is 39.4 Å². The molecule has 0 aliphatic carbocycles. The molecule has 0 unspecified atom stereocenters. The van der Waals surface area contributed by atoms with E-state index in [0.29, 0.717) is 0 Å². The predicted octanol–water partition coefficient (Wildman–Crippen LogP) is -6.00. The Bertz CT molecular complexity index is 6.00. The summed E-state index contributed by atoms with van der Waals surface area (Å²) in [5.74, 6) is 0. The molecule has 0 atom stereocenters. The molecule has 0 aromatic rings. The summed E-state index contributed by atoms with van der Waals surface area (Å²) in [4.78, 5) is 0. The summed E-state index contributed by atoms with van der Waals surface area (Å²) < 4.78 is 0. The first-order chi connectivity index (χ1) is 0. The van der Waals surface area contributed by atoms with Gasteiger partial charge in [0.2, 0.25) is 0 Å². The molecule has 0 saturated carbocycles. The second kappa shape index (κ2) is 18.9. The molecule has 0 heterocycles. The van der Waals surface area contributed by atoms with Gasteiger partial charge in [0, 0.05) is 0 Å². The molecule has 0 N–H and O–H groups in total. The second-order valence-electron chi connectivity index (χ2n) is 0. The topological polar surface area (TPSA) is 0 Å². The molecule has 0 aromatic heterocycles. The van der Waals surface area contributed by atoms with Crippen molar-refractivity contribution >= 4 is 0 Å². The minimum Gasteiger partial charge on any atom is -1.00 e. The van der Waals surface area contributed by atoms with E-state index in [-0.39, 0.29) is 73.4 Å². The molecule has 0 rings (SSSR count). The molecule has 0 aromatic carbocycles. The molecular formula is AgBr2Cu. The van der Waals surface area contributed by atoms with E-state index in [2.05, 4.69) is 0 Å². The van der Waals surface area contributed by atoms with Gasteiger partial charge in [-0.15, -0.1) is 0 Å². The quantitative estimate of drug-likeness (QED) is 0.388. The Balaban J connectivity index is 0. The van der Waals surface area contributed by atoms with Crippen LogP contribution in [0.1, 0.15) is 0 Å². The van der Waals surface area contributed by atoms with Crippen molar-refractivity contribution in [1.82, 2.24) is 0 Å². The molecule has 36 valence electrons. The first kappa shape index (κ1) is 34.4. The Morgan fingerprint density at radius 3 is 0.750 bits per heavy atom. The van der Waals surface area contributed by atoms with Gasteiger partial charge in [-0.2, -0.15) is 0 Å². The van der Waals surface area contributed by atoms with Gasteiger partial charge in [0.15, 0.2) is 0 Å². The van der Waals surface area contributed by atoms with Crippen molar-refractivity contribution in [3.05, 3.63) is 0 Å². The zero-order valence-corrected chi connectivity index (χ0v) is 6.95. The van der Waals surface area contributed by atoms with Crippen molar-refractivity contribution in [2.24, 2.45) is 0 Å². The van der Waals surface area contributed by atoms with Crippen LogP contribution in [0.2, 0.25) is 0 Å². The molecule has 0 aliphatic rings. The van der Waals surface area contributed by atoms with Gasteiger partial charge in [0.05, 0.1) is 0 Å². The Morgan fingerprint density at radius 2 is 0.750 bits per heavy atom. The Hall–Kier alpha value is 2.22. The number of hydrogen-bond acceptors (Lipinski definition) is 0. The Kier molecular flexibility index (Phi) is 162. The molecule has 4 heavy (non-hydrogen) atoms. The van der Waals surface area contributed by atoms with Crippen molar-refractivity contribution in [2.75, 3.05) is 0 Å².